The molecule has 2 unspecified atom stereocenters. The second-order valence-corrected chi connectivity index (χ2v) is 8.56. The minimum atomic E-state index is -3.66. The van der Waals surface area contributed by atoms with Crippen LogP contribution in [0.15, 0.2) is 36.4 Å². The molecule has 0 spiro atoms. The topological polar surface area (TPSA) is 63.7 Å². The lowest BCUT2D eigenvalue weighted by atomic mass is 9.90. The molecule has 1 aromatic carbocycles. The van der Waals surface area contributed by atoms with Crippen LogP contribution >= 0.6 is 11.3 Å². The number of alkyl halides is 2. The molecule has 2 aromatic rings. The smallest absolute Gasteiger partial charge is 0.395 e. The third kappa shape index (κ3) is 4.17. The molecule has 0 aliphatic carbocycles. The van der Waals surface area contributed by atoms with Gasteiger partial charge in [0.1, 0.15) is 0 Å². The van der Waals surface area contributed by atoms with E-state index >= 15 is 0 Å². The number of piperidine rings is 1. The molecule has 1 N–H and O–H groups in total. The van der Waals surface area contributed by atoms with Crippen molar-refractivity contribution >= 4 is 32.6 Å². The maximum atomic E-state index is 13.2. The van der Waals surface area contributed by atoms with Crippen LogP contribution in [-0.4, -0.2) is 41.2 Å². The zero-order valence-corrected chi connectivity index (χ0v) is 17.6. The summed E-state index contributed by atoms with van der Waals surface area (Å²) in [6.45, 7) is 9.63. The molecular formula is C21H23F2N3O3S. The highest BCUT2D eigenvalue weighted by Crippen LogP contribution is 2.44. The molecule has 2 aliphatic heterocycles. The number of hydrogen-bond donors (Lipinski definition) is 1. The van der Waals surface area contributed by atoms with Gasteiger partial charge in [0, 0.05) is 18.7 Å². The van der Waals surface area contributed by atoms with Gasteiger partial charge < -0.3 is 14.8 Å². The van der Waals surface area contributed by atoms with Gasteiger partial charge in [-0.15, -0.1) is 8.78 Å². The number of allylic oxidation sites excluding steroid dienone is 2. The summed E-state index contributed by atoms with van der Waals surface area (Å²) < 4.78 is 36.0. The first-order valence-corrected chi connectivity index (χ1v) is 10.6. The average molecular weight is 435 g/mol. The zero-order valence-electron chi connectivity index (χ0n) is 16.8. The summed E-state index contributed by atoms with van der Waals surface area (Å²) in [5, 5.41) is 3.26. The SMILES string of the molecule is C=C(/C=C\C)C1CCCN(C(C)C(=O)Nc2nc3cc4c(cc3s2)OC(F)(F)O4)C1. The van der Waals surface area contributed by atoms with Crippen molar-refractivity contribution in [2.75, 3.05) is 18.4 Å². The van der Waals surface area contributed by atoms with Crippen LogP contribution in [0.25, 0.3) is 10.2 Å². The number of carbonyl (C=O) groups is 1. The number of anilines is 1. The Kier molecular flexibility index (Phi) is 5.50. The van der Waals surface area contributed by atoms with Crippen molar-refractivity contribution < 1.29 is 23.0 Å². The summed E-state index contributed by atoms with van der Waals surface area (Å²) >= 11 is 1.20. The van der Waals surface area contributed by atoms with Gasteiger partial charge in [0.25, 0.3) is 0 Å². The van der Waals surface area contributed by atoms with E-state index in [9.17, 15) is 13.6 Å². The van der Waals surface area contributed by atoms with E-state index in [4.69, 9.17) is 0 Å². The number of halogens is 2. The van der Waals surface area contributed by atoms with E-state index in [0.29, 0.717) is 21.3 Å². The summed E-state index contributed by atoms with van der Waals surface area (Å²) in [4.78, 5) is 19.3. The maximum absolute atomic E-state index is 13.2. The molecule has 0 radical (unpaired) electrons. The Balaban J connectivity index is 1.43. The second-order valence-electron chi connectivity index (χ2n) is 7.53. The quantitative estimate of drug-likeness (QED) is 0.685. The molecule has 1 aromatic heterocycles. The molecule has 160 valence electrons. The van der Waals surface area contributed by atoms with E-state index in [1.165, 1.54) is 23.5 Å². The van der Waals surface area contributed by atoms with Gasteiger partial charge in [-0.2, -0.15) is 0 Å². The van der Waals surface area contributed by atoms with Crippen LogP contribution < -0.4 is 14.8 Å². The monoisotopic (exact) mass is 435 g/mol. The highest BCUT2D eigenvalue weighted by molar-refractivity contribution is 7.22. The van der Waals surface area contributed by atoms with E-state index in [0.717, 1.165) is 31.5 Å². The molecule has 3 heterocycles. The van der Waals surface area contributed by atoms with Gasteiger partial charge in [0.2, 0.25) is 5.91 Å². The van der Waals surface area contributed by atoms with Crippen molar-refractivity contribution in [3.8, 4) is 11.5 Å². The normalized spacial score (nSPS) is 21.8. The van der Waals surface area contributed by atoms with Gasteiger partial charge in [-0.05, 0) is 39.2 Å². The number of benzene rings is 1. The molecule has 2 aliphatic rings. The fourth-order valence-electron chi connectivity index (χ4n) is 3.81. The van der Waals surface area contributed by atoms with E-state index in [-0.39, 0.29) is 23.4 Å². The van der Waals surface area contributed by atoms with Crippen molar-refractivity contribution in [1.29, 1.82) is 0 Å². The van der Waals surface area contributed by atoms with Crippen molar-refractivity contribution in [2.24, 2.45) is 5.92 Å². The van der Waals surface area contributed by atoms with Crippen LogP contribution in [0, 0.1) is 5.92 Å². The molecule has 0 bridgehead atoms. The minimum absolute atomic E-state index is 0.0388. The van der Waals surface area contributed by atoms with Crippen LogP contribution in [0.5, 0.6) is 11.5 Å². The molecule has 0 saturated carbocycles. The summed E-state index contributed by atoms with van der Waals surface area (Å²) in [6.07, 6.45) is 2.43. The fourth-order valence-corrected chi connectivity index (χ4v) is 4.69. The summed E-state index contributed by atoms with van der Waals surface area (Å²) in [6, 6.07) is 2.52. The predicted molar refractivity (Wildman–Crippen MR) is 112 cm³/mol. The number of thiazole rings is 1. The van der Waals surface area contributed by atoms with Gasteiger partial charge in [-0.3, -0.25) is 9.69 Å². The Morgan fingerprint density at radius 2 is 2.17 bits per heavy atom. The van der Waals surface area contributed by atoms with Gasteiger partial charge in [-0.25, -0.2) is 4.98 Å². The average Bonchev–Trinajstić information content (AvgIpc) is 3.22. The highest BCUT2D eigenvalue weighted by Gasteiger charge is 2.43. The lowest BCUT2D eigenvalue weighted by molar-refractivity contribution is -0.286. The number of likely N-dealkylation sites (tertiary alicyclic amines) is 1. The number of nitrogens with one attached hydrogen (secondary N) is 1. The molecule has 1 fully saturated rings. The number of nitrogens with zero attached hydrogens (tertiary/aromatic N) is 2. The summed E-state index contributed by atoms with van der Waals surface area (Å²) in [5.74, 6) is 0.0824. The number of aromatic nitrogens is 1. The molecule has 1 amide bonds. The third-order valence-corrected chi connectivity index (χ3v) is 6.36. The Bertz CT molecular complexity index is 975. The van der Waals surface area contributed by atoms with E-state index in [2.05, 4.69) is 31.3 Å². The van der Waals surface area contributed by atoms with Crippen molar-refractivity contribution in [2.45, 2.75) is 39.0 Å². The predicted octanol–water partition coefficient (Wildman–Crippen LogP) is 4.79. The maximum Gasteiger partial charge on any atom is 0.586 e. The van der Waals surface area contributed by atoms with Crippen molar-refractivity contribution in [1.82, 2.24) is 9.88 Å². The number of fused-ring (bicyclic) bond motifs is 2. The summed E-state index contributed by atoms with van der Waals surface area (Å²) in [5.41, 5.74) is 1.55. The number of carbonyl (C=O) groups excluding carboxylic acids is 1. The second kappa shape index (κ2) is 7.96. The largest absolute Gasteiger partial charge is 0.586 e. The lowest BCUT2D eigenvalue weighted by Gasteiger charge is -2.36. The van der Waals surface area contributed by atoms with Gasteiger partial charge in [-0.1, -0.05) is 35.6 Å². The third-order valence-electron chi connectivity index (χ3n) is 5.43. The van der Waals surface area contributed by atoms with Crippen LogP contribution in [0.4, 0.5) is 13.9 Å². The van der Waals surface area contributed by atoms with Gasteiger partial charge in [0.05, 0.1) is 16.3 Å². The molecule has 1 saturated heterocycles. The molecular weight excluding hydrogens is 412 g/mol. The number of ether oxygens (including phenoxy) is 2. The standard InChI is InChI=1S/C21H23F2N3O3S/c1-4-6-12(2)14-7-5-8-26(11-14)13(3)19(27)25-20-24-15-9-16-17(10-18(15)30-20)29-21(22,23)28-16/h4,6,9-10,13-14H,2,5,7-8,11H2,1,3H3,(H,24,25,27)/b6-4-. The first kappa shape index (κ1) is 20.7. The Morgan fingerprint density at radius 1 is 1.43 bits per heavy atom. The molecule has 30 heavy (non-hydrogen) atoms. The van der Waals surface area contributed by atoms with Gasteiger partial charge in [0.15, 0.2) is 16.6 Å². The first-order chi connectivity index (χ1) is 14.3. The fraction of sp³-hybridized carbons (Fsp3) is 0.429. The first-order valence-electron chi connectivity index (χ1n) is 9.82. The van der Waals surface area contributed by atoms with E-state index < -0.39 is 6.29 Å². The van der Waals surface area contributed by atoms with Crippen LogP contribution in [0.2, 0.25) is 0 Å². The van der Waals surface area contributed by atoms with Crippen LogP contribution in [-0.2, 0) is 4.79 Å². The van der Waals surface area contributed by atoms with Crippen molar-refractivity contribution in [3.05, 3.63) is 36.4 Å². The van der Waals surface area contributed by atoms with E-state index in [1.54, 1.807) is 0 Å². The number of hydrogen-bond acceptors (Lipinski definition) is 6. The molecule has 6 nitrogen and oxygen atoms in total. The van der Waals surface area contributed by atoms with E-state index in [1.807, 2.05) is 26.0 Å². The van der Waals surface area contributed by atoms with Crippen LogP contribution in [0.3, 0.4) is 0 Å². The molecule has 4 rings (SSSR count). The zero-order chi connectivity index (χ0) is 21.5. The van der Waals surface area contributed by atoms with Gasteiger partial charge >= 0.3 is 6.29 Å². The number of rotatable bonds is 5. The van der Waals surface area contributed by atoms with Crippen molar-refractivity contribution in [3.63, 3.8) is 0 Å². The molecule has 9 heteroatoms. The lowest BCUT2D eigenvalue weighted by Crippen LogP contribution is -2.47. The van der Waals surface area contributed by atoms with Crippen LogP contribution in [0.1, 0.15) is 26.7 Å². The highest BCUT2D eigenvalue weighted by atomic mass is 32.1. The Morgan fingerprint density at radius 3 is 2.90 bits per heavy atom. The minimum Gasteiger partial charge on any atom is -0.395 e. The Hall–Kier alpha value is -2.52. The Labute approximate surface area is 177 Å². The number of amides is 1. The molecule has 2 atom stereocenters. The summed E-state index contributed by atoms with van der Waals surface area (Å²) in [7, 11) is 0.